The number of hydrogen-bond donors (Lipinski definition) is 0. The van der Waals surface area contributed by atoms with E-state index < -0.39 is 0 Å². The first-order valence-electron chi connectivity index (χ1n) is 21.3. The van der Waals surface area contributed by atoms with Gasteiger partial charge in [-0.05, 0) is 159 Å². The van der Waals surface area contributed by atoms with Crippen LogP contribution in [0.4, 0.5) is 34.1 Å². The summed E-state index contributed by atoms with van der Waals surface area (Å²) in [5, 5.41) is 15.8. The first kappa shape index (κ1) is 36.2. The van der Waals surface area contributed by atoms with Gasteiger partial charge in [0.1, 0.15) is 0 Å². The van der Waals surface area contributed by atoms with E-state index in [1.165, 1.54) is 75.8 Å². The molecule has 11 aromatic carbocycles. The molecule has 0 aliphatic heterocycles. The second kappa shape index (κ2) is 13.3. The minimum Gasteiger partial charge on any atom is -0.310 e. The minimum atomic E-state index is 0.0858. The molecule has 0 unspecified atom stereocenters. The molecule has 0 amide bonds. The van der Waals surface area contributed by atoms with Gasteiger partial charge in [0.2, 0.25) is 0 Å². The third-order valence-electron chi connectivity index (χ3n) is 12.8. The second-order valence-corrected chi connectivity index (χ2v) is 18.6. The monoisotopic (exact) mass is 772 g/mol. The number of fused-ring (bicyclic) bond motifs is 8. The zero-order valence-corrected chi connectivity index (χ0v) is 35.2. The third kappa shape index (κ3) is 5.62. The van der Waals surface area contributed by atoms with E-state index in [2.05, 4.69) is 233 Å². The van der Waals surface area contributed by atoms with E-state index in [0.29, 0.717) is 0 Å². The summed E-state index contributed by atoms with van der Waals surface area (Å²) < 4.78 is 0. The Balaban J connectivity index is 1.12. The lowest BCUT2D eigenvalue weighted by Gasteiger charge is -2.27. The van der Waals surface area contributed by atoms with Gasteiger partial charge < -0.3 is 9.80 Å². The molecule has 0 saturated carbocycles. The molecule has 11 rings (SSSR count). The van der Waals surface area contributed by atoms with Crippen LogP contribution in [0.3, 0.4) is 0 Å². The molecule has 0 atom stereocenters. The molecule has 60 heavy (non-hydrogen) atoms. The Morgan fingerprint density at radius 3 is 0.900 bits per heavy atom. The van der Waals surface area contributed by atoms with Crippen molar-refractivity contribution >= 4 is 98.8 Å². The Hall–Kier alpha value is -6.90. The van der Waals surface area contributed by atoms with Gasteiger partial charge in [-0.15, -0.1) is 0 Å². The number of anilines is 6. The summed E-state index contributed by atoms with van der Waals surface area (Å²) in [6.45, 7) is 13.6. The van der Waals surface area contributed by atoms with E-state index in [1.807, 2.05) is 0 Å². The normalized spacial score (nSPS) is 12.5. The maximum atomic E-state index is 2.42. The number of rotatable bonds is 6. The van der Waals surface area contributed by atoms with Crippen molar-refractivity contribution in [3.05, 3.63) is 193 Å². The average molecular weight is 773 g/mol. The Morgan fingerprint density at radius 1 is 0.250 bits per heavy atom. The van der Waals surface area contributed by atoms with Crippen LogP contribution in [0.5, 0.6) is 0 Å². The second-order valence-electron chi connectivity index (χ2n) is 18.6. The summed E-state index contributed by atoms with van der Waals surface area (Å²) in [6.07, 6.45) is 0. The molecule has 0 fully saturated rings. The van der Waals surface area contributed by atoms with Gasteiger partial charge in [0.15, 0.2) is 0 Å². The zero-order chi connectivity index (χ0) is 40.9. The molecule has 0 bridgehead atoms. The number of para-hydroxylation sites is 2. The van der Waals surface area contributed by atoms with Gasteiger partial charge in [-0.1, -0.05) is 151 Å². The molecule has 0 aliphatic rings. The SMILES string of the molecule is CC(C)(C)c1ccc(N(c2ccccc2)c2ccc3c(c2)c2cccc4c2c3c2cccc3c5cc(N(c6ccccc6)c6ccc(C(C)(C)C)cc6)ccc5c4c32)cc1. The molecule has 0 saturated heterocycles. The van der Waals surface area contributed by atoms with Crippen LogP contribution < -0.4 is 9.80 Å². The zero-order valence-electron chi connectivity index (χ0n) is 35.2. The van der Waals surface area contributed by atoms with Gasteiger partial charge in [-0.25, -0.2) is 0 Å². The van der Waals surface area contributed by atoms with Gasteiger partial charge in [-0.3, -0.25) is 0 Å². The molecule has 0 heterocycles. The molecule has 0 aliphatic carbocycles. The van der Waals surface area contributed by atoms with Gasteiger partial charge in [-0.2, -0.15) is 0 Å². The van der Waals surface area contributed by atoms with Gasteiger partial charge in [0.25, 0.3) is 0 Å². The number of nitrogens with zero attached hydrogens (tertiary/aromatic N) is 2. The summed E-state index contributed by atoms with van der Waals surface area (Å²) in [6, 6.07) is 67.8. The maximum absolute atomic E-state index is 2.42. The number of hydrogen-bond acceptors (Lipinski definition) is 2. The van der Waals surface area contributed by atoms with Crippen molar-refractivity contribution in [3.8, 4) is 0 Å². The molecule has 0 N–H and O–H groups in total. The molecular weight excluding hydrogens is 725 g/mol. The van der Waals surface area contributed by atoms with Crippen LogP contribution in [0, 0.1) is 0 Å². The van der Waals surface area contributed by atoms with Crippen molar-refractivity contribution in [1.29, 1.82) is 0 Å². The van der Waals surface area contributed by atoms with Crippen molar-refractivity contribution in [2.75, 3.05) is 9.80 Å². The summed E-state index contributed by atoms with van der Waals surface area (Å²) in [5.41, 5.74) is 9.73. The fourth-order valence-electron chi connectivity index (χ4n) is 9.83. The largest absolute Gasteiger partial charge is 0.310 e. The fourth-order valence-corrected chi connectivity index (χ4v) is 9.83. The molecule has 0 radical (unpaired) electrons. The van der Waals surface area contributed by atoms with Crippen molar-refractivity contribution in [1.82, 2.24) is 0 Å². The predicted molar refractivity (Wildman–Crippen MR) is 261 cm³/mol. The Labute approximate surface area is 352 Å². The Morgan fingerprint density at radius 2 is 0.550 bits per heavy atom. The van der Waals surface area contributed by atoms with Crippen LogP contribution in [-0.4, -0.2) is 0 Å². The highest BCUT2D eigenvalue weighted by Crippen LogP contribution is 2.52. The van der Waals surface area contributed by atoms with E-state index in [-0.39, 0.29) is 10.8 Å². The summed E-state index contributed by atoms with van der Waals surface area (Å²) in [5.74, 6) is 0. The number of benzene rings is 9. The first-order chi connectivity index (χ1) is 29.0. The van der Waals surface area contributed by atoms with Crippen LogP contribution in [0.25, 0.3) is 64.6 Å². The van der Waals surface area contributed by atoms with Crippen molar-refractivity contribution in [2.45, 2.75) is 52.4 Å². The summed E-state index contributed by atoms with van der Waals surface area (Å²) in [7, 11) is 0. The van der Waals surface area contributed by atoms with Gasteiger partial charge in [0, 0.05) is 34.1 Å². The van der Waals surface area contributed by atoms with Crippen molar-refractivity contribution in [2.24, 2.45) is 0 Å². The lowest BCUT2D eigenvalue weighted by atomic mass is 9.87. The average Bonchev–Trinajstić information content (AvgIpc) is 3.77. The van der Waals surface area contributed by atoms with Gasteiger partial charge >= 0.3 is 0 Å². The molecule has 290 valence electrons. The molecule has 2 heteroatoms. The van der Waals surface area contributed by atoms with E-state index in [4.69, 9.17) is 0 Å². The maximum Gasteiger partial charge on any atom is 0.0468 e. The lowest BCUT2D eigenvalue weighted by Crippen LogP contribution is -2.13. The third-order valence-corrected chi connectivity index (χ3v) is 12.8. The van der Waals surface area contributed by atoms with E-state index in [9.17, 15) is 0 Å². The Kier molecular flexibility index (Phi) is 8.03. The minimum absolute atomic E-state index is 0.0858. The standard InChI is InChI=1S/C58H48N2/c1-57(2,3)37-23-27-41(28-24-37)59(39-15-9-7-10-16-39)43-31-33-47-51(35-43)45-19-13-21-49-53(45)55(47)50-22-14-20-46-52-36-44(32-34-48(52)56(49)54(46)50)60(40-17-11-8-12-18-40)42-29-25-38(26-30-42)58(4,5)6/h7-36H,1-6H3. The summed E-state index contributed by atoms with van der Waals surface area (Å²) >= 11 is 0. The molecule has 11 aromatic rings. The van der Waals surface area contributed by atoms with Crippen LogP contribution in [0.1, 0.15) is 52.7 Å². The predicted octanol–water partition coefficient (Wildman–Crippen LogP) is 17.0. The Bertz CT molecular complexity index is 3120. The van der Waals surface area contributed by atoms with Crippen molar-refractivity contribution < 1.29 is 0 Å². The van der Waals surface area contributed by atoms with Gasteiger partial charge in [0.05, 0.1) is 0 Å². The highest BCUT2D eigenvalue weighted by atomic mass is 15.1. The highest BCUT2D eigenvalue weighted by Gasteiger charge is 2.25. The smallest absolute Gasteiger partial charge is 0.0468 e. The van der Waals surface area contributed by atoms with E-state index in [1.54, 1.807) is 0 Å². The van der Waals surface area contributed by atoms with E-state index >= 15 is 0 Å². The quantitative estimate of drug-likeness (QED) is 0.155. The molecule has 0 aromatic heterocycles. The lowest BCUT2D eigenvalue weighted by molar-refractivity contribution is 0.590. The fraction of sp³-hybridized carbons (Fsp3) is 0.138. The van der Waals surface area contributed by atoms with Crippen LogP contribution in [0.15, 0.2) is 182 Å². The summed E-state index contributed by atoms with van der Waals surface area (Å²) in [4.78, 5) is 4.79. The highest BCUT2D eigenvalue weighted by molar-refractivity contribution is 6.47. The molecule has 2 nitrogen and oxygen atoms in total. The van der Waals surface area contributed by atoms with Crippen LogP contribution >= 0.6 is 0 Å². The topological polar surface area (TPSA) is 6.48 Å². The molecular formula is C58H48N2. The van der Waals surface area contributed by atoms with Crippen molar-refractivity contribution in [3.63, 3.8) is 0 Å². The van der Waals surface area contributed by atoms with Crippen LogP contribution in [-0.2, 0) is 10.8 Å². The van der Waals surface area contributed by atoms with E-state index in [0.717, 1.165) is 34.1 Å². The van der Waals surface area contributed by atoms with Crippen LogP contribution in [0.2, 0.25) is 0 Å². The molecule has 0 spiro atoms. The first-order valence-corrected chi connectivity index (χ1v) is 21.3.